The molecule has 1 aliphatic heterocycles. The van der Waals surface area contributed by atoms with Gasteiger partial charge in [0.05, 0.1) is 18.2 Å². The summed E-state index contributed by atoms with van der Waals surface area (Å²) in [4.78, 5) is 11.6. The Balaban J connectivity index is 2.27. The van der Waals surface area contributed by atoms with Crippen LogP contribution in [0.4, 0.5) is 0 Å². The third kappa shape index (κ3) is 1.81. The van der Waals surface area contributed by atoms with Gasteiger partial charge >= 0.3 is 0 Å². The lowest BCUT2D eigenvalue weighted by molar-refractivity contribution is 0.0953. The van der Waals surface area contributed by atoms with Crippen LogP contribution in [0, 0.1) is 0 Å². The molecule has 0 amide bonds. The summed E-state index contributed by atoms with van der Waals surface area (Å²) in [6.45, 7) is 0.544. The molecule has 1 aromatic carbocycles. The summed E-state index contributed by atoms with van der Waals surface area (Å²) < 4.78 is 10.8. The summed E-state index contributed by atoms with van der Waals surface area (Å²) in [5.41, 5.74) is 0.653. The monoisotopic (exact) mass is 256 g/mol. The number of carbonyl (C=O) groups is 1. The molecule has 0 aliphatic carbocycles. The zero-order valence-electron chi connectivity index (χ0n) is 7.62. The number of benzene rings is 1. The molecule has 1 atom stereocenters. The van der Waals surface area contributed by atoms with Gasteiger partial charge in [-0.05, 0) is 34.1 Å². The fraction of sp³-hybridized carbons (Fsp3) is 0.300. The van der Waals surface area contributed by atoms with Crippen molar-refractivity contribution in [2.75, 3.05) is 13.7 Å². The van der Waals surface area contributed by atoms with Gasteiger partial charge in [0.2, 0.25) is 0 Å². The molecule has 1 aliphatic rings. The second-order valence-corrected chi connectivity index (χ2v) is 3.89. The van der Waals surface area contributed by atoms with E-state index in [0.717, 1.165) is 10.2 Å². The summed E-state index contributed by atoms with van der Waals surface area (Å²) in [5, 5.41) is 0. The predicted molar refractivity (Wildman–Crippen MR) is 54.8 cm³/mol. The zero-order chi connectivity index (χ0) is 10.1. The molecule has 3 nitrogen and oxygen atoms in total. The first-order valence-electron chi connectivity index (χ1n) is 4.21. The minimum Gasteiger partial charge on any atom is -0.496 e. The molecule has 2 rings (SSSR count). The Morgan fingerprint density at radius 3 is 2.86 bits per heavy atom. The number of carbonyl (C=O) groups excluding carboxylic acids is 1. The van der Waals surface area contributed by atoms with Crippen molar-refractivity contribution >= 4 is 21.7 Å². The van der Waals surface area contributed by atoms with Crippen molar-refractivity contribution in [3.8, 4) is 5.75 Å². The van der Waals surface area contributed by atoms with Gasteiger partial charge in [-0.2, -0.15) is 0 Å². The third-order valence-electron chi connectivity index (χ3n) is 2.06. The van der Waals surface area contributed by atoms with E-state index >= 15 is 0 Å². The fourth-order valence-electron chi connectivity index (χ4n) is 1.21. The quantitative estimate of drug-likeness (QED) is 0.614. The molecule has 1 aromatic rings. The Kier molecular flexibility index (Phi) is 2.56. The molecule has 1 saturated heterocycles. The van der Waals surface area contributed by atoms with Crippen LogP contribution < -0.4 is 4.74 Å². The molecule has 0 radical (unpaired) electrons. The van der Waals surface area contributed by atoms with Gasteiger partial charge in [-0.3, -0.25) is 4.79 Å². The minimum atomic E-state index is -0.227. The highest BCUT2D eigenvalue weighted by Crippen LogP contribution is 2.27. The maximum Gasteiger partial charge on any atom is 0.193 e. The molecule has 1 fully saturated rings. The number of halogens is 1. The topological polar surface area (TPSA) is 38.8 Å². The lowest BCUT2D eigenvalue weighted by atomic mass is 10.1. The number of epoxide rings is 1. The molecule has 1 heterocycles. The highest BCUT2D eigenvalue weighted by Gasteiger charge is 2.32. The van der Waals surface area contributed by atoms with E-state index in [1.807, 2.05) is 0 Å². The first kappa shape index (κ1) is 9.68. The van der Waals surface area contributed by atoms with Crippen molar-refractivity contribution in [3.63, 3.8) is 0 Å². The van der Waals surface area contributed by atoms with Crippen molar-refractivity contribution in [2.45, 2.75) is 6.10 Å². The number of ketones is 1. The van der Waals surface area contributed by atoms with Crippen LogP contribution >= 0.6 is 15.9 Å². The van der Waals surface area contributed by atoms with Crippen LogP contribution in [-0.2, 0) is 4.74 Å². The molecule has 0 spiro atoms. The summed E-state index contributed by atoms with van der Waals surface area (Å²) in [6.07, 6.45) is -0.227. The third-order valence-corrected chi connectivity index (χ3v) is 2.68. The molecule has 0 aromatic heterocycles. The molecule has 0 bridgehead atoms. The smallest absolute Gasteiger partial charge is 0.193 e. The Morgan fingerprint density at radius 1 is 1.64 bits per heavy atom. The van der Waals surface area contributed by atoms with E-state index < -0.39 is 0 Å². The van der Waals surface area contributed by atoms with Gasteiger partial charge in [0, 0.05) is 5.56 Å². The van der Waals surface area contributed by atoms with Gasteiger partial charge in [-0.15, -0.1) is 0 Å². The van der Waals surface area contributed by atoms with Crippen LogP contribution in [0.25, 0.3) is 0 Å². The van der Waals surface area contributed by atoms with E-state index in [1.54, 1.807) is 25.3 Å². The predicted octanol–water partition coefficient (Wildman–Crippen LogP) is 2.04. The van der Waals surface area contributed by atoms with Crippen molar-refractivity contribution in [1.29, 1.82) is 0 Å². The fourth-order valence-corrected chi connectivity index (χ4v) is 1.75. The standard InChI is InChI=1S/C10H9BrO3/c1-13-8-3-2-6(4-7(8)11)10(12)9-5-14-9/h2-4,9H,5H2,1H3. The lowest BCUT2D eigenvalue weighted by Gasteiger charge is -2.04. The number of Topliss-reactive ketones (excluding diaryl/α,β-unsaturated/α-hetero) is 1. The van der Waals surface area contributed by atoms with Gasteiger partial charge in [-0.25, -0.2) is 0 Å². The summed E-state index contributed by atoms with van der Waals surface area (Å²) in [7, 11) is 1.59. The first-order chi connectivity index (χ1) is 6.72. The molecule has 0 saturated carbocycles. The van der Waals surface area contributed by atoms with Crippen LogP contribution in [0.15, 0.2) is 22.7 Å². The van der Waals surface area contributed by atoms with E-state index in [1.165, 1.54) is 0 Å². The Bertz CT molecular complexity index is 372. The second-order valence-electron chi connectivity index (χ2n) is 3.04. The van der Waals surface area contributed by atoms with Crippen molar-refractivity contribution < 1.29 is 14.3 Å². The minimum absolute atomic E-state index is 0.0355. The summed E-state index contributed by atoms with van der Waals surface area (Å²) in [6, 6.07) is 5.26. The van der Waals surface area contributed by atoms with Crippen molar-refractivity contribution in [2.24, 2.45) is 0 Å². The summed E-state index contributed by atoms with van der Waals surface area (Å²) in [5.74, 6) is 0.756. The lowest BCUT2D eigenvalue weighted by Crippen LogP contribution is -2.06. The van der Waals surface area contributed by atoms with Gasteiger partial charge in [-0.1, -0.05) is 0 Å². The SMILES string of the molecule is COc1ccc(C(=O)C2CO2)cc1Br. The van der Waals surface area contributed by atoms with Crippen molar-refractivity contribution in [3.05, 3.63) is 28.2 Å². The highest BCUT2D eigenvalue weighted by atomic mass is 79.9. The van der Waals surface area contributed by atoms with Crippen LogP contribution in [-0.4, -0.2) is 25.6 Å². The van der Waals surface area contributed by atoms with Gasteiger partial charge in [0.15, 0.2) is 5.78 Å². The number of hydrogen-bond acceptors (Lipinski definition) is 3. The summed E-state index contributed by atoms with van der Waals surface area (Å²) >= 11 is 3.33. The molecule has 0 N–H and O–H groups in total. The first-order valence-corrected chi connectivity index (χ1v) is 5.01. The van der Waals surface area contributed by atoms with E-state index in [4.69, 9.17) is 9.47 Å². The zero-order valence-corrected chi connectivity index (χ0v) is 9.21. The van der Waals surface area contributed by atoms with Gasteiger partial charge in [0.25, 0.3) is 0 Å². The normalized spacial score (nSPS) is 19.1. The van der Waals surface area contributed by atoms with E-state index in [9.17, 15) is 4.79 Å². The van der Waals surface area contributed by atoms with E-state index in [0.29, 0.717) is 12.2 Å². The van der Waals surface area contributed by atoms with Gasteiger partial charge < -0.3 is 9.47 Å². The largest absolute Gasteiger partial charge is 0.496 e. The second kappa shape index (κ2) is 3.71. The van der Waals surface area contributed by atoms with Crippen LogP contribution in [0.5, 0.6) is 5.75 Å². The van der Waals surface area contributed by atoms with Crippen molar-refractivity contribution in [1.82, 2.24) is 0 Å². The highest BCUT2D eigenvalue weighted by molar-refractivity contribution is 9.10. The van der Waals surface area contributed by atoms with Crippen LogP contribution in [0.1, 0.15) is 10.4 Å². The average molecular weight is 257 g/mol. The number of rotatable bonds is 3. The van der Waals surface area contributed by atoms with Crippen LogP contribution in [0.3, 0.4) is 0 Å². The Morgan fingerprint density at radius 2 is 2.36 bits per heavy atom. The molecule has 1 unspecified atom stereocenters. The molecule has 14 heavy (non-hydrogen) atoms. The average Bonchev–Trinajstić information content (AvgIpc) is 3.00. The van der Waals surface area contributed by atoms with Crippen LogP contribution in [0.2, 0.25) is 0 Å². The Hall–Kier alpha value is -0.870. The molecule has 4 heteroatoms. The number of hydrogen-bond donors (Lipinski definition) is 0. The number of ether oxygens (including phenoxy) is 2. The van der Waals surface area contributed by atoms with E-state index in [2.05, 4.69) is 15.9 Å². The molecular formula is C10H9BrO3. The Labute approximate surface area is 90.1 Å². The number of methoxy groups -OCH3 is 1. The molecular weight excluding hydrogens is 248 g/mol. The maximum absolute atomic E-state index is 11.6. The van der Waals surface area contributed by atoms with Gasteiger partial charge in [0.1, 0.15) is 11.9 Å². The van der Waals surface area contributed by atoms with E-state index in [-0.39, 0.29) is 11.9 Å². The molecule has 74 valence electrons. The maximum atomic E-state index is 11.6.